The summed E-state index contributed by atoms with van der Waals surface area (Å²) in [6.45, 7) is 1.12. The van der Waals surface area contributed by atoms with E-state index < -0.39 is 10.0 Å². The van der Waals surface area contributed by atoms with Crippen LogP contribution in [0.25, 0.3) is 0 Å². The molecular weight excluding hydrogens is 384 g/mol. The summed E-state index contributed by atoms with van der Waals surface area (Å²) in [4.78, 5) is 15.2. The number of nitrogens with one attached hydrogen (secondary N) is 1. The van der Waals surface area contributed by atoms with Crippen molar-refractivity contribution in [2.75, 3.05) is 11.3 Å². The van der Waals surface area contributed by atoms with Crippen molar-refractivity contribution in [3.05, 3.63) is 64.1 Å². The monoisotopic (exact) mass is 402 g/mol. The summed E-state index contributed by atoms with van der Waals surface area (Å²) in [5.41, 5.74) is 2.56. The van der Waals surface area contributed by atoms with Gasteiger partial charge < -0.3 is 4.90 Å². The number of aromatic nitrogens is 2. The summed E-state index contributed by atoms with van der Waals surface area (Å²) in [7, 11) is -2.03. The number of carbonyl (C=O) groups is 1. The number of sulfonamides is 1. The fourth-order valence-corrected chi connectivity index (χ4v) is 4.82. The Labute approximate surface area is 161 Å². The minimum atomic E-state index is -3.70. The Balaban J connectivity index is 1.55. The molecule has 0 saturated heterocycles. The number of thiophene rings is 1. The first-order valence-corrected chi connectivity index (χ1v) is 10.7. The second-order valence-corrected chi connectivity index (χ2v) is 9.02. The molecule has 1 aromatic carbocycles. The van der Waals surface area contributed by atoms with Gasteiger partial charge >= 0.3 is 0 Å². The molecule has 0 fully saturated rings. The number of nitrogens with zero attached hydrogens (tertiary/aromatic N) is 3. The molecule has 2 aromatic heterocycles. The predicted molar refractivity (Wildman–Crippen MR) is 103 cm³/mol. The highest BCUT2D eigenvalue weighted by Gasteiger charge is 2.23. The minimum absolute atomic E-state index is 0.0111. The lowest BCUT2D eigenvalue weighted by Crippen LogP contribution is -2.35. The van der Waals surface area contributed by atoms with Crippen LogP contribution in [0.5, 0.6) is 0 Å². The molecule has 0 radical (unpaired) electrons. The van der Waals surface area contributed by atoms with Gasteiger partial charge in [-0.3, -0.25) is 14.2 Å². The summed E-state index contributed by atoms with van der Waals surface area (Å²) >= 11 is 1.43. The third-order valence-electron chi connectivity index (χ3n) is 4.48. The van der Waals surface area contributed by atoms with Crippen LogP contribution in [0.15, 0.2) is 53.0 Å². The maximum absolute atomic E-state index is 12.6. The molecule has 140 valence electrons. The lowest BCUT2D eigenvalue weighted by molar-refractivity contribution is 0.0739. The van der Waals surface area contributed by atoms with Crippen LogP contribution in [0, 0.1) is 0 Å². The van der Waals surface area contributed by atoms with Crippen molar-refractivity contribution in [2.45, 2.75) is 17.9 Å². The van der Waals surface area contributed by atoms with E-state index in [4.69, 9.17) is 0 Å². The van der Waals surface area contributed by atoms with E-state index in [1.54, 1.807) is 24.1 Å². The van der Waals surface area contributed by atoms with Crippen LogP contribution < -0.4 is 4.72 Å². The molecule has 4 rings (SSSR count). The van der Waals surface area contributed by atoms with E-state index in [9.17, 15) is 13.2 Å². The molecule has 9 heteroatoms. The quantitative estimate of drug-likeness (QED) is 0.727. The number of rotatable bonds is 4. The van der Waals surface area contributed by atoms with E-state index >= 15 is 0 Å². The molecule has 3 aromatic rings. The van der Waals surface area contributed by atoms with Gasteiger partial charge in [0.2, 0.25) is 0 Å². The molecule has 1 aliphatic heterocycles. The number of carbonyl (C=O) groups excluding carboxylic acids is 1. The summed E-state index contributed by atoms with van der Waals surface area (Å²) in [5.74, 6) is 0.0111. The maximum Gasteiger partial charge on any atom is 0.265 e. The standard InChI is InChI=1S/C18H18N4O3S2/c1-21-12-16(10-19-21)27(24,25)20-15-5-4-13-6-7-22(11-14(13)9-15)18(23)17-3-2-8-26-17/h2-5,8-10,12,20H,6-7,11H2,1H3. The van der Waals surface area contributed by atoms with Crippen LogP contribution in [0.3, 0.4) is 0 Å². The molecule has 0 saturated carbocycles. The van der Waals surface area contributed by atoms with Crippen molar-refractivity contribution in [2.24, 2.45) is 7.05 Å². The van der Waals surface area contributed by atoms with Gasteiger partial charge in [-0.05, 0) is 41.1 Å². The van der Waals surface area contributed by atoms with Crippen molar-refractivity contribution in [3.63, 3.8) is 0 Å². The van der Waals surface area contributed by atoms with Gasteiger partial charge in [-0.2, -0.15) is 5.10 Å². The molecular formula is C18H18N4O3S2. The zero-order chi connectivity index (χ0) is 19.0. The molecule has 1 aliphatic rings. The van der Waals surface area contributed by atoms with Crippen LogP contribution in [0.4, 0.5) is 5.69 Å². The Morgan fingerprint density at radius 1 is 1.26 bits per heavy atom. The van der Waals surface area contributed by atoms with Crippen LogP contribution in [-0.2, 0) is 30.0 Å². The van der Waals surface area contributed by atoms with E-state index in [1.165, 1.54) is 28.4 Å². The van der Waals surface area contributed by atoms with Crippen molar-refractivity contribution in [1.82, 2.24) is 14.7 Å². The van der Waals surface area contributed by atoms with Gasteiger partial charge in [0.25, 0.3) is 15.9 Å². The van der Waals surface area contributed by atoms with E-state index in [0.717, 1.165) is 17.5 Å². The van der Waals surface area contributed by atoms with Gasteiger partial charge in [-0.15, -0.1) is 11.3 Å². The first-order chi connectivity index (χ1) is 12.9. The number of aryl methyl sites for hydroxylation is 1. The first kappa shape index (κ1) is 17.7. The number of hydrogen-bond acceptors (Lipinski definition) is 5. The summed E-state index contributed by atoms with van der Waals surface area (Å²) in [5, 5.41) is 5.79. The first-order valence-electron chi connectivity index (χ1n) is 8.38. The lowest BCUT2D eigenvalue weighted by atomic mass is 9.99. The predicted octanol–water partition coefficient (Wildman–Crippen LogP) is 2.48. The maximum atomic E-state index is 12.6. The Morgan fingerprint density at radius 3 is 2.81 bits per heavy atom. The van der Waals surface area contributed by atoms with Gasteiger partial charge in [-0.25, -0.2) is 8.42 Å². The van der Waals surface area contributed by atoms with Gasteiger partial charge in [0.1, 0.15) is 4.90 Å². The molecule has 0 atom stereocenters. The van der Waals surface area contributed by atoms with Gasteiger partial charge in [-0.1, -0.05) is 12.1 Å². The fourth-order valence-electron chi connectivity index (χ4n) is 3.10. The molecule has 7 nitrogen and oxygen atoms in total. The number of amides is 1. The Bertz CT molecular complexity index is 1090. The molecule has 0 bridgehead atoms. The van der Waals surface area contributed by atoms with Crippen LogP contribution >= 0.6 is 11.3 Å². The summed E-state index contributed by atoms with van der Waals surface area (Å²) < 4.78 is 29.0. The van der Waals surface area contributed by atoms with E-state index in [0.29, 0.717) is 23.7 Å². The molecule has 1 N–H and O–H groups in total. The second kappa shape index (κ2) is 6.82. The average Bonchev–Trinajstić information content (AvgIpc) is 3.32. The largest absolute Gasteiger partial charge is 0.333 e. The summed E-state index contributed by atoms with van der Waals surface area (Å²) in [6.07, 6.45) is 3.51. The van der Waals surface area contributed by atoms with Crippen molar-refractivity contribution < 1.29 is 13.2 Å². The molecule has 3 heterocycles. The van der Waals surface area contributed by atoms with Crippen LogP contribution in [0.2, 0.25) is 0 Å². The number of anilines is 1. The van der Waals surface area contributed by atoms with Gasteiger partial charge in [0.05, 0.1) is 11.1 Å². The van der Waals surface area contributed by atoms with Crippen LogP contribution in [0.1, 0.15) is 20.8 Å². The highest BCUT2D eigenvalue weighted by atomic mass is 32.2. The van der Waals surface area contributed by atoms with E-state index in [-0.39, 0.29) is 10.8 Å². The summed E-state index contributed by atoms with van der Waals surface area (Å²) in [6, 6.07) is 9.16. The SMILES string of the molecule is Cn1cc(S(=O)(=O)Nc2ccc3c(c2)CN(C(=O)c2cccs2)CC3)cn1. The van der Waals surface area contributed by atoms with E-state index in [2.05, 4.69) is 9.82 Å². The molecule has 1 amide bonds. The minimum Gasteiger partial charge on any atom is -0.333 e. The molecule has 0 spiro atoms. The average molecular weight is 403 g/mol. The number of hydrogen-bond donors (Lipinski definition) is 1. The smallest absolute Gasteiger partial charge is 0.265 e. The third kappa shape index (κ3) is 3.60. The Kier molecular flexibility index (Phi) is 4.48. The molecule has 0 aliphatic carbocycles. The molecule has 27 heavy (non-hydrogen) atoms. The van der Waals surface area contributed by atoms with Gasteiger partial charge in [0, 0.05) is 32.0 Å². The zero-order valence-corrected chi connectivity index (χ0v) is 16.3. The molecule has 0 unspecified atom stereocenters. The third-order valence-corrected chi connectivity index (χ3v) is 6.68. The van der Waals surface area contributed by atoms with Crippen molar-refractivity contribution in [3.8, 4) is 0 Å². The van der Waals surface area contributed by atoms with Crippen molar-refractivity contribution >= 4 is 33.0 Å². The topological polar surface area (TPSA) is 84.3 Å². The van der Waals surface area contributed by atoms with E-state index in [1.807, 2.05) is 23.6 Å². The van der Waals surface area contributed by atoms with Gasteiger partial charge in [0.15, 0.2) is 0 Å². The fraction of sp³-hybridized carbons (Fsp3) is 0.222. The van der Waals surface area contributed by atoms with Crippen molar-refractivity contribution in [1.29, 1.82) is 0 Å². The number of fused-ring (bicyclic) bond motifs is 1. The second-order valence-electron chi connectivity index (χ2n) is 6.39. The Morgan fingerprint density at radius 2 is 2.11 bits per heavy atom. The highest BCUT2D eigenvalue weighted by Crippen LogP contribution is 2.26. The zero-order valence-electron chi connectivity index (χ0n) is 14.6. The highest BCUT2D eigenvalue weighted by molar-refractivity contribution is 7.92. The number of benzene rings is 1. The lowest BCUT2D eigenvalue weighted by Gasteiger charge is -2.29. The van der Waals surface area contributed by atoms with Crippen LogP contribution in [-0.4, -0.2) is 35.6 Å². The normalized spacial score (nSPS) is 14.0. The Hall–Kier alpha value is -2.65.